The van der Waals surface area contributed by atoms with E-state index >= 15 is 0 Å². The first-order valence-corrected chi connectivity index (χ1v) is 7.93. The molecule has 0 spiro atoms. The lowest BCUT2D eigenvalue weighted by Crippen LogP contribution is -2.15. The molecule has 1 aliphatic rings. The molecule has 5 heteroatoms. The van der Waals surface area contributed by atoms with Crippen molar-refractivity contribution < 1.29 is 0 Å². The van der Waals surface area contributed by atoms with E-state index in [0.717, 1.165) is 48.7 Å². The molecule has 0 atom stereocenters. The Hall–Kier alpha value is -1.75. The van der Waals surface area contributed by atoms with Gasteiger partial charge in [-0.2, -0.15) is 4.68 Å². The summed E-state index contributed by atoms with van der Waals surface area (Å²) in [5, 5.41) is 4.61. The van der Waals surface area contributed by atoms with Crippen LogP contribution in [0.15, 0.2) is 6.07 Å². The van der Waals surface area contributed by atoms with Crippen molar-refractivity contribution in [3.63, 3.8) is 0 Å². The zero-order valence-corrected chi connectivity index (χ0v) is 12.9. The summed E-state index contributed by atoms with van der Waals surface area (Å²) < 4.78 is 1.90. The van der Waals surface area contributed by atoms with Crippen LogP contribution < -0.4 is 5.73 Å². The average Bonchev–Trinajstić information content (AvgIpc) is 2.96. The van der Waals surface area contributed by atoms with Gasteiger partial charge in [0.1, 0.15) is 5.82 Å². The number of hydrogen-bond donors (Lipinski definition) is 1. The Bertz CT molecular complexity index is 644. The van der Waals surface area contributed by atoms with Crippen molar-refractivity contribution in [3.8, 4) is 5.82 Å². The number of nitrogens with two attached hydrogens (primary N) is 1. The van der Waals surface area contributed by atoms with Gasteiger partial charge in [-0.3, -0.25) is 0 Å². The smallest absolute Gasteiger partial charge is 0.160 e. The second-order valence-corrected chi connectivity index (χ2v) is 5.55. The van der Waals surface area contributed by atoms with Crippen LogP contribution in [0, 0.1) is 0 Å². The topological polar surface area (TPSA) is 69.6 Å². The highest BCUT2D eigenvalue weighted by Gasteiger charge is 2.18. The lowest BCUT2D eigenvalue weighted by molar-refractivity contribution is 0.654. The Labute approximate surface area is 125 Å². The molecule has 21 heavy (non-hydrogen) atoms. The largest absolute Gasteiger partial charge is 0.326 e. The van der Waals surface area contributed by atoms with E-state index in [1.165, 1.54) is 24.1 Å². The predicted octanol–water partition coefficient (Wildman–Crippen LogP) is 2.12. The predicted molar refractivity (Wildman–Crippen MR) is 82.4 cm³/mol. The molecule has 1 aliphatic carbocycles. The van der Waals surface area contributed by atoms with Crippen LogP contribution in [0.2, 0.25) is 0 Å². The van der Waals surface area contributed by atoms with Gasteiger partial charge in [0.15, 0.2) is 11.6 Å². The Kier molecular flexibility index (Phi) is 4.01. The molecule has 0 fully saturated rings. The second-order valence-electron chi connectivity index (χ2n) is 5.55. The van der Waals surface area contributed by atoms with E-state index in [4.69, 9.17) is 10.7 Å². The van der Waals surface area contributed by atoms with E-state index in [-0.39, 0.29) is 0 Å². The lowest BCUT2D eigenvalue weighted by atomic mass is 9.95. The quantitative estimate of drug-likeness (QED) is 0.934. The molecule has 0 saturated carbocycles. The minimum atomic E-state index is 0.486. The van der Waals surface area contributed by atoms with Crippen LogP contribution in [0.1, 0.15) is 55.2 Å². The molecule has 2 aromatic rings. The molecule has 3 rings (SSSR count). The minimum Gasteiger partial charge on any atom is -0.326 e. The third-order valence-corrected chi connectivity index (χ3v) is 4.13. The van der Waals surface area contributed by atoms with Gasteiger partial charge in [-0.25, -0.2) is 9.97 Å². The summed E-state index contributed by atoms with van der Waals surface area (Å²) in [4.78, 5) is 9.47. The monoisotopic (exact) mass is 285 g/mol. The fourth-order valence-electron chi connectivity index (χ4n) is 2.94. The van der Waals surface area contributed by atoms with Gasteiger partial charge in [0.25, 0.3) is 0 Å². The standard InChI is InChI=1S/C16H23N5/c1-3-14-19-15(4-2)21(20-14)16-12(10-17)9-11-7-5-6-8-13(11)18-16/h9H,3-8,10,17H2,1-2H3. The van der Waals surface area contributed by atoms with E-state index in [0.29, 0.717) is 6.54 Å². The molecule has 112 valence electrons. The number of aromatic nitrogens is 4. The highest BCUT2D eigenvalue weighted by atomic mass is 15.4. The first-order chi connectivity index (χ1) is 10.3. The van der Waals surface area contributed by atoms with Gasteiger partial charge in [-0.1, -0.05) is 13.8 Å². The van der Waals surface area contributed by atoms with Gasteiger partial charge in [0.05, 0.1) is 0 Å². The van der Waals surface area contributed by atoms with Crippen LogP contribution >= 0.6 is 0 Å². The van der Waals surface area contributed by atoms with Crippen LogP contribution in [0.4, 0.5) is 0 Å². The summed E-state index contributed by atoms with van der Waals surface area (Å²) in [6.07, 6.45) is 6.33. The van der Waals surface area contributed by atoms with Crippen molar-refractivity contribution in [2.24, 2.45) is 5.73 Å². The Morgan fingerprint density at radius 3 is 2.67 bits per heavy atom. The van der Waals surface area contributed by atoms with E-state index in [1.54, 1.807) is 0 Å². The van der Waals surface area contributed by atoms with E-state index in [2.05, 4.69) is 30.0 Å². The molecule has 0 aromatic carbocycles. The average molecular weight is 285 g/mol. The van der Waals surface area contributed by atoms with Crippen molar-refractivity contribution in [2.75, 3.05) is 0 Å². The third kappa shape index (κ3) is 2.58. The number of pyridine rings is 1. The zero-order valence-electron chi connectivity index (χ0n) is 12.9. The summed E-state index contributed by atoms with van der Waals surface area (Å²) in [6, 6.07) is 2.23. The van der Waals surface area contributed by atoms with Crippen LogP contribution in [-0.2, 0) is 32.2 Å². The minimum absolute atomic E-state index is 0.486. The summed E-state index contributed by atoms with van der Waals surface area (Å²) in [5.41, 5.74) is 9.59. The van der Waals surface area contributed by atoms with Gasteiger partial charge in [-0.15, -0.1) is 5.10 Å². The van der Waals surface area contributed by atoms with E-state index in [9.17, 15) is 0 Å². The zero-order chi connectivity index (χ0) is 14.8. The van der Waals surface area contributed by atoms with Crippen molar-refractivity contribution in [3.05, 3.63) is 34.5 Å². The second kappa shape index (κ2) is 5.93. The first kappa shape index (κ1) is 14.2. The van der Waals surface area contributed by atoms with Crippen LogP contribution in [-0.4, -0.2) is 19.7 Å². The van der Waals surface area contributed by atoms with E-state index < -0.39 is 0 Å². The Morgan fingerprint density at radius 1 is 1.14 bits per heavy atom. The molecular formula is C16H23N5. The molecule has 0 amide bonds. The number of hydrogen-bond acceptors (Lipinski definition) is 4. The van der Waals surface area contributed by atoms with Crippen LogP contribution in [0.3, 0.4) is 0 Å². The molecule has 2 aromatic heterocycles. The fraction of sp³-hybridized carbons (Fsp3) is 0.562. The van der Waals surface area contributed by atoms with Crippen LogP contribution in [0.5, 0.6) is 0 Å². The highest BCUT2D eigenvalue weighted by Crippen LogP contribution is 2.24. The van der Waals surface area contributed by atoms with Gasteiger partial charge >= 0.3 is 0 Å². The number of fused-ring (bicyclic) bond motifs is 1. The van der Waals surface area contributed by atoms with Crippen molar-refractivity contribution >= 4 is 0 Å². The molecule has 5 nitrogen and oxygen atoms in total. The van der Waals surface area contributed by atoms with Gasteiger partial charge in [0, 0.05) is 30.6 Å². The summed E-state index contributed by atoms with van der Waals surface area (Å²) in [5.74, 6) is 2.71. The van der Waals surface area contributed by atoms with E-state index in [1.807, 2.05) is 4.68 Å². The van der Waals surface area contributed by atoms with Crippen molar-refractivity contribution in [2.45, 2.75) is 58.9 Å². The van der Waals surface area contributed by atoms with Gasteiger partial charge in [-0.05, 0) is 37.3 Å². The maximum absolute atomic E-state index is 5.95. The van der Waals surface area contributed by atoms with Crippen molar-refractivity contribution in [1.29, 1.82) is 0 Å². The summed E-state index contributed by atoms with van der Waals surface area (Å²) in [7, 11) is 0. The summed E-state index contributed by atoms with van der Waals surface area (Å²) >= 11 is 0. The molecule has 2 N–H and O–H groups in total. The van der Waals surface area contributed by atoms with Crippen molar-refractivity contribution in [1.82, 2.24) is 19.7 Å². The number of nitrogens with zero attached hydrogens (tertiary/aromatic N) is 4. The molecule has 0 aliphatic heterocycles. The summed E-state index contributed by atoms with van der Waals surface area (Å²) in [6.45, 7) is 4.66. The molecule has 0 bridgehead atoms. The first-order valence-electron chi connectivity index (χ1n) is 7.93. The maximum Gasteiger partial charge on any atom is 0.160 e. The lowest BCUT2D eigenvalue weighted by Gasteiger charge is -2.18. The highest BCUT2D eigenvalue weighted by molar-refractivity contribution is 5.40. The molecule has 2 heterocycles. The molecule has 0 radical (unpaired) electrons. The Morgan fingerprint density at radius 2 is 1.95 bits per heavy atom. The normalized spacial score (nSPS) is 14.2. The Balaban J connectivity index is 2.14. The van der Waals surface area contributed by atoms with Gasteiger partial charge < -0.3 is 5.73 Å². The number of rotatable bonds is 4. The third-order valence-electron chi connectivity index (χ3n) is 4.13. The fourth-order valence-corrected chi connectivity index (χ4v) is 2.94. The van der Waals surface area contributed by atoms with Crippen LogP contribution in [0.25, 0.3) is 5.82 Å². The molecule has 0 saturated heterocycles. The number of aryl methyl sites for hydroxylation is 4. The molecule has 0 unspecified atom stereocenters. The maximum atomic E-state index is 5.95. The van der Waals surface area contributed by atoms with Gasteiger partial charge in [0.2, 0.25) is 0 Å². The molecular weight excluding hydrogens is 262 g/mol. The SMILES string of the molecule is CCc1nc(CC)n(-c2nc3c(cc2CN)CCCC3)n1.